The summed E-state index contributed by atoms with van der Waals surface area (Å²) >= 11 is 0. The second-order valence-corrected chi connectivity index (χ2v) is 5.90. The number of nitrogens with one attached hydrogen (secondary N) is 1. The third-order valence-electron chi connectivity index (χ3n) is 4.07. The number of anilines is 1. The highest BCUT2D eigenvalue weighted by atomic mass is 19.1. The molecule has 1 N–H and O–H groups in total. The zero-order valence-corrected chi connectivity index (χ0v) is 14.4. The van der Waals surface area contributed by atoms with E-state index in [1.165, 1.54) is 18.2 Å². The molecule has 0 spiro atoms. The summed E-state index contributed by atoms with van der Waals surface area (Å²) in [5, 5.41) is 3.37. The number of aryl methyl sites for hydroxylation is 1. The molecular weight excluding hydrogens is 335 g/mol. The maximum absolute atomic E-state index is 13.5. The van der Waals surface area contributed by atoms with Gasteiger partial charge in [-0.2, -0.15) is 0 Å². The Morgan fingerprint density at radius 2 is 1.88 bits per heavy atom. The molecule has 0 aliphatic heterocycles. The van der Waals surface area contributed by atoms with Gasteiger partial charge >= 0.3 is 0 Å². The number of halogens is 1. The highest BCUT2D eigenvalue weighted by Gasteiger charge is 2.09. The van der Waals surface area contributed by atoms with Gasteiger partial charge in [0.2, 0.25) is 5.91 Å². The summed E-state index contributed by atoms with van der Waals surface area (Å²) < 4.78 is 20.8. The zero-order chi connectivity index (χ0) is 18.5. The standard InChI is InChI=1S/C20H19FN2O3/c1-23-17-10-5-2-7-14(17)18(13-20(23)25)26-12-6-11-19(24)22-16-9-4-3-8-15(16)21/h2-5,7-10,13H,6,11-12H2,1H3,(H,22,24). The summed E-state index contributed by atoms with van der Waals surface area (Å²) in [7, 11) is 1.71. The Bertz CT molecular complexity index is 998. The smallest absolute Gasteiger partial charge is 0.254 e. The minimum absolute atomic E-state index is 0.156. The van der Waals surface area contributed by atoms with E-state index in [-0.39, 0.29) is 30.2 Å². The lowest BCUT2D eigenvalue weighted by atomic mass is 10.2. The Morgan fingerprint density at radius 1 is 1.15 bits per heavy atom. The van der Waals surface area contributed by atoms with Crippen LogP contribution in [0.5, 0.6) is 5.75 Å². The number of para-hydroxylation sites is 2. The first-order chi connectivity index (χ1) is 12.6. The van der Waals surface area contributed by atoms with Crippen LogP contribution in [0.15, 0.2) is 59.4 Å². The largest absolute Gasteiger partial charge is 0.493 e. The number of carbonyl (C=O) groups excluding carboxylic acids is 1. The monoisotopic (exact) mass is 354 g/mol. The zero-order valence-electron chi connectivity index (χ0n) is 14.4. The molecule has 1 amide bonds. The number of pyridine rings is 1. The van der Waals surface area contributed by atoms with E-state index in [2.05, 4.69) is 5.32 Å². The average molecular weight is 354 g/mol. The molecule has 0 atom stereocenters. The van der Waals surface area contributed by atoms with Crippen molar-refractivity contribution in [3.8, 4) is 5.75 Å². The first kappa shape index (κ1) is 17.7. The van der Waals surface area contributed by atoms with Gasteiger partial charge < -0.3 is 14.6 Å². The normalized spacial score (nSPS) is 10.7. The topological polar surface area (TPSA) is 60.3 Å². The predicted molar refractivity (Wildman–Crippen MR) is 98.9 cm³/mol. The summed E-state index contributed by atoms with van der Waals surface area (Å²) in [4.78, 5) is 23.9. The number of ether oxygens (including phenoxy) is 1. The van der Waals surface area contributed by atoms with Crippen LogP contribution in [0.4, 0.5) is 10.1 Å². The minimum atomic E-state index is -0.469. The average Bonchev–Trinajstić information content (AvgIpc) is 2.64. The van der Waals surface area contributed by atoms with Crippen LogP contribution in [0.2, 0.25) is 0 Å². The summed E-state index contributed by atoms with van der Waals surface area (Å²) in [6.45, 7) is 0.280. The van der Waals surface area contributed by atoms with Crippen LogP contribution in [0.3, 0.4) is 0 Å². The predicted octanol–water partition coefficient (Wildman–Crippen LogP) is 3.48. The van der Waals surface area contributed by atoms with E-state index in [0.717, 1.165) is 10.9 Å². The number of fused-ring (bicyclic) bond motifs is 1. The van der Waals surface area contributed by atoms with E-state index in [0.29, 0.717) is 12.2 Å². The quantitative estimate of drug-likeness (QED) is 0.690. The van der Waals surface area contributed by atoms with Crippen LogP contribution in [-0.2, 0) is 11.8 Å². The summed E-state index contributed by atoms with van der Waals surface area (Å²) in [5.74, 6) is -0.255. The van der Waals surface area contributed by atoms with E-state index in [9.17, 15) is 14.0 Å². The molecule has 134 valence electrons. The molecule has 3 rings (SSSR count). The number of carbonyl (C=O) groups is 1. The Labute approximate surface area is 150 Å². The highest BCUT2D eigenvalue weighted by Crippen LogP contribution is 2.23. The van der Waals surface area contributed by atoms with E-state index in [4.69, 9.17) is 4.74 Å². The second kappa shape index (κ2) is 7.82. The molecule has 0 radical (unpaired) electrons. The van der Waals surface area contributed by atoms with E-state index in [1.807, 2.05) is 24.3 Å². The van der Waals surface area contributed by atoms with Crippen molar-refractivity contribution in [1.29, 1.82) is 0 Å². The van der Waals surface area contributed by atoms with Gasteiger partial charge in [-0.15, -0.1) is 0 Å². The molecule has 0 saturated carbocycles. The molecule has 0 aliphatic carbocycles. The van der Waals surface area contributed by atoms with Gasteiger partial charge in [-0.1, -0.05) is 24.3 Å². The van der Waals surface area contributed by atoms with Crippen LogP contribution in [0.1, 0.15) is 12.8 Å². The van der Waals surface area contributed by atoms with Crippen LogP contribution in [-0.4, -0.2) is 17.1 Å². The molecule has 0 aliphatic rings. The molecule has 1 aromatic heterocycles. The Kier molecular flexibility index (Phi) is 5.31. The Balaban J connectivity index is 1.58. The van der Waals surface area contributed by atoms with Crippen molar-refractivity contribution < 1.29 is 13.9 Å². The number of hydrogen-bond acceptors (Lipinski definition) is 3. The van der Waals surface area contributed by atoms with Gasteiger partial charge in [0, 0.05) is 24.9 Å². The SMILES string of the molecule is Cn1c(=O)cc(OCCCC(=O)Nc2ccccc2F)c2ccccc21. The van der Waals surface area contributed by atoms with Crippen molar-refractivity contribution in [1.82, 2.24) is 4.57 Å². The molecule has 2 aromatic carbocycles. The lowest BCUT2D eigenvalue weighted by Crippen LogP contribution is -2.17. The number of amides is 1. The summed E-state index contributed by atoms with van der Waals surface area (Å²) in [5.41, 5.74) is 0.791. The molecular formula is C20H19FN2O3. The van der Waals surface area contributed by atoms with Gasteiger partial charge in [0.1, 0.15) is 11.6 Å². The van der Waals surface area contributed by atoms with Gasteiger partial charge in [0.05, 0.1) is 17.8 Å². The number of benzene rings is 2. The third kappa shape index (κ3) is 3.91. The third-order valence-corrected chi connectivity index (χ3v) is 4.07. The molecule has 0 unspecified atom stereocenters. The van der Waals surface area contributed by atoms with Gasteiger partial charge in [-0.3, -0.25) is 9.59 Å². The van der Waals surface area contributed by atoms with Crippen molar-refractivity contribution in [2.45, 2.75) is 12.8 Å². The lowest BCUT2D eigenvalue weighted by Gasteiger charge is -2.11. The first-order valence-corrected chi connectivity index (χ1v) is 8.32. The maximum Gasteiger partial charge on any atom is 0.254 e. The van der Waals surface area contributed by atoms with Crippen molar-refractivity contribution in [2.24, 2.45) is 7.05 Å². The van der Waals surface area contributed by atoms with Crippen LogP contribution in [0, 0.1) is 5.82 Å². The van der Waals surface area contributed by atoms with Gasteiger partial charge in [0.25, 0.3) is 5.56 Å². The van der Waals surface area contributed by atoms with Gasteiger partial charge in [-0.05, 0) is 30.7 Å². The minimum Gasteiger partial charge on any atom is -0.493 e. The molecule has 6 heteroatoms. The summed E-state index contributed by atoms with van der Waals surface area (Å²) in [6.07, 6.45) is 0.640. The molecule has 26 heavy (non-hydrogen) atoms. The van der Waals surface area contributed by atoms with E-state index >= 15 is 0 Å². The second-order valence-electron chi connectivity index (χ2n) is 5.90. The van der Waals surface area contributed by atoms with Crippen LogP contribution < -0.4 is 15.6 Å². The Hall–Kier alpha value is -3.15. The number of aromatic nitrogens is 1. The fourth-order valence-corrected chi connectivity index (χ4v) is 2.69. The van der Waals surface area contributed by atoms with Gasteiger partial charge in [-0.25, -0.2) is 4.39 Å². The molecule has 1 heterocycles. The highest BCUT2D eigenvalue weighted by molar-refractivity contribution is 5.90. The number of nitrogens with zero attached hydrogens (tertiary/aromatic N) is 1. The molecule has 0 fully saturated rings. The fraction of sp³-hybridized carbons (Fsp3) is 0.200. The number of hydrogen-bond donors (Lipinski definition) is 1. The van der Waals surface area contributed by atoms with Crippen molar-refractivity contribution >= 4 is 22.5 Å². The molecule has 0 saturated heterocycles. The Morgan fingerprint density at radius 3 is 2.69 bits per heavy atom. The number of rotatable bonds is 6. The molecule has 0 bridgehead atoms. The maximum atomic E-state index is 13.5. The lowest BCUT2D eigenvalue weighted by molar-refractivity contribution is -0.116. The van der Waals surface area contributed by atoms with Crippen molar-refractivity contribution in [3.05, 3.63) is 70.8 Å². The van der Waals surface area contributed by atoms with Crippen LogP contribution in [0.25, 0.3) is 10.9 Å². The van der Waals surface area contributed by atoms with Crippen molar-refractivity contribution in [3.63, 3.8) is 0 Å². The van der Waals surface area contributed by atoms with Crippen molar-refractivity contribution in [2.75, 3.05) is 11.9 Å². The van der Waals surface area contributed by atoms with Gasteiger partial charge in [0.15, 0.2) is 0 Å². The van der Waals surface area contributed by atoms with E-state index < -0.39 is 5.82 Å². The van der Waals surface area contributed by atoms with E-state index in [1.54, 1.807) is 23.7 Å². The first-order valence-electron chi connectivity index (χ1n) is 8.32. The fourth-order valence-electron chi connectivity index (χ4n) is 2.69. The molecule has 5 nitrogen and oxygen atoms in total. The van der Waals surface area contributed by atoms with Crippen LogP contribution >= 0.6 is 0 Å². The molecule has 3 aromatic rings. The summed E-state index contributed by atoms with van der Waals surface area (Å²) in [6, 6.07) is 14.9.